The van der Waals surface area contributed by atoms with Gasteiger partial charge in [-0.3, -0.25) is 4.99 Å². The van der Waals surface area contributed by atoms with E-state index in [-0.39, 0.29) is 29.4 Å². The van der Waals surface area contributed by atoms with E-state index < -0.39 is 9.84 Å². The zero-order chi connectivity index (χ0) is 18.3. The average molecular weight is 411 g/mol. The van der Waals surface area contributed by atoms with Crippen LogP contribution >= 0.6 is 23.4 Å². The molecule has 2 aromatic rings. The van der Waals surface area contributed by atoms with Crippen LogP contribution in [0.15, 0.2) is 53.5 Å². The van der Waals surface area contributed by atoms with E-state index in [1.165, 1.54) is 17.8 Å². The minimum absolute atomic E-state index is 0.00325. The monoisotopic (exact) mass is 410 g/mol. The van der Waals surface area contributed by atoms with Gasteiger partial charge in [-0.15, -0.1) is 0 Å². The van der Waals surface area contributed by atoms with Crippen molar-refractivity contribution in [2.45, 2.75) is 17.8 Å². The smallest absolute Gasteiger partial charge is 0.164 e. The topological polar surface area (TPSA) is 49.7 Å². The van der Waals surface area contributed by atoms with Crippen LogP contribution in [0.3, 0.4) is 0 Å². The molecule has 2 aliphatic heterocycles. The van der Waals surface area contributed by atoms with Gasteiger partial charge in [-0.2, -0.15) is 0 Å². The largest absolute Gasteiger partial charge is 0.312 e. The molecule has 0 saturated carbocycles. The number of sulfone groups is 1. The molecular formula is C18H16ClFN2O2S2. The lowest BCUT2D eigenvalue weighted by atomic mass is 10.1. The molecule has 1 fully saturated rings. The Hall–Kier alpha value is -1.57. The highest BCUT2D eigenvalue weighted by atomic mass is 35.5. The fourth-order valence-corrected chi connectivity index (χ4v) is 6.45. The molecule has 4 nitrogen and oxygen atoms in total. The van der Waals surface area contributed by atoms with Gasteiger partial charge in [0, 0.05) is 10.8 Å². The number of halogens is 2. The van der Waals surface area contributed by atoms with Gasteiger partial charge in [0.25, 0.3) is 0 Å². The zero-order valence-corrected chi connectivity index (χ0v) is 16.1. The predicted octanol–water partition coefficient (Wildman–Crippen LogP) is 3.75. The molecular weight excluding hydrogens is 395 g/mol. The number of hydrogen-bond donors (Lipinski definition) is 0. The summed E-state index contributed by atoms with van der Waals surface area (Å²) in [4.78, 5) is 6.36. The normalized spacial score (nSPS) is 23.8. The number of nitrogens with zero attached hydrogens (tertiary/aromatic N) is 2. The van der Waals surface area contributed by atoms with Crippen molar-refractivity contribution in [2.75, 3.05) is 16.4 Å². The number of amidine groups is 1. The van der Waals surface area contributed by atoms with Crippen LogP contribution in [-0.4, -0.2) is 37.2 Å². The predicted molar refractivity (Wildman–Crippen MR) is 105 cm³/mol. The molecule has 2 aliphatic rings. The fourth-order valence-electron chi connectivity index (χ4n) is 3.34. The van der Waals surface area contributed by atoms with E-state index in [1.807, 2.05) is 24.3 Å². The van der Waals surface area contributed by atoms with E-state index in [0.717, 1.165) is 5.56 Å². The third-order valence-electron chi connectivity index (χ3n) is 4.48. The van der Waals surface area contributed by atoms with Crippen LogP contribution < -0.4 is 4.90 Å². The molecule has 0 bridgehead atoms. The highest BCUT2D eigenvalue weighted by molar-refractivity contribution is 8.13. The molecule has 0 spiro atoms. The van der Waals surface area contributed by atoms with Crippen molar-refractivity contribution >= 4 is 44.1 Å². The lowest BCUT2D eigenvalue weighted by Gasteiger charge is -2.26. The van der Waals surface area contributed by atoms with Gasteiger partial charge in [0.1, 0.15) is 5.82 Å². The fraction of sp³-hybridized carbons (Fsp3) is 0.278. The van der Waals surface area contributed by atoms with Gasteiger partial charge < -0.3 is 4.90 Å². The summed E-state index contributed by atoms with van der Waals surface area (Å²) in [6.07, 6.45) is 0. The van der Waals surface area contributed by atoms with E-state index in [1.54, 1.807) is 23.1 Å². The SMILES string of the molecule is O=S1(=O)C[C@@H]2[C@@H](C1)N=C(SCc1cccc(Cl)c1)N2c1ccccc1F. The van der Waals surface area contributed by atoms with Crippen molar-refractivity contribution in [3.05, 3.63) is 64.9 Å². The summed E-state index contributed by atoms with van der Waals surface area (Å²) in [5, 5.41) is 1.31. The summed E-state index contributed by atoms with van der Waals surface area (Å²) >= 11 is 7.50. The van der Waals surface area contributed by atoms with Gasteiger partial charge in [-0.25, -0.2) is 12.8 Å². The van der Waals surface area contributed by atoms with Gasteiger partial charge in [0.05, 0.1) is 29.3 Å². The molecule has 2 heterocycles. The van der Waals surface area contributed by atoms with Crippen LogP contribution in [0.25, 0.3) is 0 Å². The third kappa shape index (κ3) is 3.48. The highest BCUT2D eigenvalue weighted by Gasteiger charge is 2.47. The number of aliphatic imine (C=N–C) groups is 1. The lowest BCUT2D eigenvalue weighted by molar-refractivity contribution is 0.600. The van der Waals surface area contributed by atoms with Crippen molar-refractivity contribution in [2.24, 2.45) is 4.99 Å². The van der Waals surface area contributed by atoms with Crippen molar-refractivity contribution in [1.29, 1.82) is 0 Å². The Kier molecular flexibility index (Phi) is 4.71. The molecule has 4 rings (SSSR count). The maximum atomic E-state index is 14.4. The number of hydrogen-bond acceptors (Lipinski definition) is 5. The Morgan fingerprint density at radius 1 is 1.19 bits per heavy atom. The number of anilines is 1. The van der Waals surface area contributed by atoms with Gasteiger partial charge in [0.15, 0.2) is 15.0 Å². The molecule has 26 heavy (non-hydrogen) atoms. The summed E-state index contributed by atoms with van der Waals surface area (Å²) < 4.78 is 38.4. The Morgan fingerprint density at radius 2 is 2.00 bits per heavy atom. The van der Waals surface area contributed by atoms with E-state index in [2.05, 4.69) is 4.99 Å². The van der Waals surface area contributed by atoms with Crippen LogP contribution in [0.2, 0.25) is 5.02 Å². The van der Waals surface area contributed by atoms with E-state index in [4.69, 9.17) is 11.6 Å². The molecule has 0 radical (unpaired) electrons. The van der Waals surface area contributed by atoms with Crippen LogP contribution in [0.5, 0.6) is 0 Å². The van der Waals surface area contributed by atoms with E-state index >= 15 is 0 Å². The summed E-state index contributed by atoms with van der Waals surface area (Å²) in [6.45, 7) is 0. The van der Waals surface area contributed by atoms with Gasteiger partial charge in [0.2, 0.25) is 0 Å². The highest BCUT2D eigenvalue weighted by Crippen LogP contribution is 2.37. The van der Waals surface area contributed by atoms with Gasteiger partial charge in [-0.05, 0) is 29.8 Å². The molecule has 2 aromatic carbocycles. The van der Waals surface area contributed by atoms with Crippen molar-refractivity contribution < 1.29 is 12.8 Å². The molecule has 0 aliphatic carbocycles. The first-order valence-electron chi connectivity index (χ1n) is 8.12. The quantitative estimate of drug-likeness (QED) is 0.773. The summed E-state index contributed by atoms with van der Waals surface area (Å²) in [5.74, 6) is 0.255. The first-order chi connectivity index (χ1) is 12.4. The maximum absolute atomic E-state index is 14.4. The zero-order valence-electron chi connectivity index (χ0n) is 13.7. The molecule has 0 N–H and O–H groups in total. The average Bonchev–Trinajstić information content (AvgIpc) is 3.05. The third-order valence-corrected chi connectivity index (χ3v) is 7.45. The number of benzene rings is 2. The minimum atomic E-state index is -3.15. The number of rotatable bonds is 3. The number of para-hydroxylation sites is 1. The van der Waals surface area contributed by atoms with Crippen LogP contribution in [-0.2, 0) is 15.6 Å². The molecule has 0 amide bonds. The Morgan fingerprint density at radius 3 is 2.77 bits per heavy atom. The molecule has 8 heteroatoms. The molecule has 0 aromatic heterocycles. The summed E-state index contributed by atoms with van der Waals surface area (Å²) in [5.41, 5.74) is 1.40. The van der Waals surface area contributed by atoms with Gasteiger partial charge in [-0.1, -0.05) is 47.6 Å². The molecule has 0 unspecified atom stereocenters. The number of thioether (sulfide) groups is 1. The Bertz CT molecular complexity index is 981. The van der Waals surface area contributed by atoms with Crippen LogP contribution in [0.4, 0.5) is 10.1 Å². The first-order valence-corrected chi connectivity index (χ1v) is 11.3. The lowest BCUT2D eigenvalue weighted by Crippen LogP contribution is -2.39. The first kappa shape index (κ1) is 17.8. The summed E-state index contributed by atoms with van der Waals surface area (Å²) in [7, 11) is -3.15. The second-order valence-electron chi connectivity index (χ2n) is 6.36. The minimum Gasteiger partial charge on any atom is -0.312 e. The second kappa shape index (κ2) is 6.87. The van der Waals surface area contributed by atoms with Crippen molar-refractivity contribution in [3.8, 4) is 0 Å². The number of fused-ring (bicyclic) bond motifs is 1. The van der Waals surface area contributed by atoms with Gasteiger partial charge >= 0.3 is 0 Å². The van der Waals surface area contributed by atoms with E-state index in [0.29, 0.717) is 21.6 Å². The van der Waals surface area contributed by atoms with Crippen LogP contribution in [0, 0.1) is 5.82 Å². The maximum Gasteiger partial charge on any atom is 0.164 e. The van der Waals surface area contributed by atoms with Crippen LogP contribution in [0.1, 0.15) is 5.56 Å². The van der Waals surface area contributed by atoms with Crippen molar-refractivity contribution in [3.63, 3.8) is 0 Å². The summed E-state index contributed by atoms with van der Waals surface area (Å²) in [6, 6.07) is 13.2. The van der Waals surface area contributed by atoms with E-state index in [9.17, 15) is 12.8 Å². The molecule has 136 valence electrons. The Labute approximate surface area is 161 Å². The molecule has 1 saturated heterocycles. The van der Waals surface area contributed by atoms with Crippen molar-refractivity contribution in [1.82, 2.24) is 0 Å². The molecule has 2 atom stereocenters. The second-order valence-corrected chi connectivity index (χ2v) is 9.90. The standard InChI is InChI=1S/C18H16ClFN2O2S2/c19-13-5-3-4-12(8-13)9-25-18-21-15-10-26(23,24)11-17(15)22(18)16-7-2-1-6-14(16)20/h1-8,15,17H,9-11H2/t15-,17-/m1/s1. The Balaban J connectivity index is 1.64.